The van der Waals surface area contributed by atoms with Gasteiger partial charge in [-0.3, -0.25) is 0 Å². The van der Waals surface area contributed by atoms with Crippen LogP contribution in [-0.4, -0.2) is 29.8 Å². The molecule has 0 aromatic heterocycles. The molecule has 110 valence electrons. The summed E-state index contributed by atoms with van der Waals surface area (Å²) in [4.78, 5) is 11.7. The molecule has 0 radical (unpaired) electrons. The molecule has 2 rings (SSSR count). The molecule has 0 aromatic rings. The quantitative estimate of drug-likeness (QED) is 0.734. The predicted molar refractivity (Wildman–Crippen MR) is 76.0 cm³/mol. The largest absolute Gasteiger partial charge is 0.393 e. The topological polar surface area (TPSA) is 61.4 Å². The molecule has 2 aliphatic carbocycles. The summed E-state index contributed by atoms with van der Waals surface area (Å²) in [6, 6.07) is 0.218. The Hall–Kier alpha value is -0.770. The summed E-state index contributed by atoms with van der Waals surface area (Å²) in [5, 5.41) is 15.4. The average molecular weight is 268 g/mol. The van der Waals surface area contributed by atoms with Crippen LogP contribution in [0, 0.1) is 5.92 Å². The van der Waals surface area contributed by atoms with E-state index in [1.807, 2.05) is 0 Å². The second kappa shape index (κ2) is 7.73. The van der Waals surface area contributed by atoms with Crippen LogP contribution in [0.5, 0.6) is 0 Å². The summed E-state index contributed by atoms with van der Waals surface area (Å²) in [6.45, 7) is 0.797. The molecular weight excluding hydrogens is 240 g/mol. The molecule has 0 atom stereocenters. The van der Waals surface area contributed by atoms with Crippen molar-refractivity contribution in [3.8, 4) is 0 Å². The first-order valence-electron chi connectivity index (χ1n) is 7.96. The van der Waals surface area contributed by atoms with Gasteiger partial charge in [-0.15, -0.1) is 0 Å². The number of amides is 2. The Morgan fingerprint density at radius 2 is 1.68 bits per heavy atom. The monoisotopic (exact) mass is 268 g/mol. The number of hydrogen-bond donors (Lipinski definition) is 3. The molecule has 0 aliphatic heterocycles. The number of nitrogens with one attached hydrogen (secondary N) is 2. The van der Waals surface area contributed by atoms with Gasteiger partial charge >= 0.3 is 6.03 Å². The first-order chi connectivity index (χ1) is 9.24. The lowest BCUT2D eigenvalue weighted by molar-refractivity contribution is 0.117. The maximum atomic E-state index is 11.7. The first kappa shape index (κ1) is 14.6. The van der Waals surface area contributed by atoms with Crippen molar-refractivity contribution in [1.29, 1.82) is 0 Å². The number of hydrogen-bond acceptors (Lipinski definition) is 2. The van der Waals surface area contributed by atoms with Crippen LogP contribution < -0.4 is 10.6 Å². The lowest BCUT2D eigenvalue weighted by Gasteiger charge is -2.26. The molecule has 0 heterocycles. The fourth-order valence-corrected chi connectivity index (χ4v) is 3.32. The van der Waals surface area contributed by atoms with E-state index in [1.165, 1.54) is 32.1 Å². The summed E-state index contributed by atoms with van der Waals surface area (Å²) < 4.78 is 0. The van der Waals surface area contributed by atoms with Crippen LogP contribution in [0.3, 0.4) is 0 Å². The number of rotatable bonds is 4. The first-order valence-corrected chi connectivity index (χ1v) is 7.96. The normalized spacial score (nSPS) is 28.9. The van der Waals surface area contributed by atoms with Crippen LogP contribution >= 0.6 is 0 Å². The fraction of sp³-hybridized carbons (Fsp3) is 0.933. The van der Waals surface area contributed by atoms with Crippen molar-refractivity contribution < 1.29 is 9.90 Å². The smallest absolute Gasteiger partial charge is 0.315 e. The second-order valence-corrected chi connectivity index (χ2v) is 6.20. The van der Waals surface area contributed by atoms with E-state index < -0.39 is 0 Å². The van der Waals surface area contributed by atoms with Crippen molar-refractivity contribution in [2.75, 3.05) is 6.54 Å². The van der Waals surface area contributed by atoms with Crippen molar-refractivity contribution in [2.24, 2.45) is 5.92 Å². The van der Waals surface area contributed by atoms with Crippen molar-refractivity contribution in [3.63, 3.8) is 0 Å². The van der Waals surface area contributed by atoms with Crippen LogP contribution in [0.1, 0.15) is 64.2 Å². The Bertz CT molecular complexity index is 269. The van der Waals surface area contributed by atoms with Gasteiger partial charge in [0.25, 0.3) is 0 Å². The SMILES string of the molecule is O=C(NCCC1CCCCC1)NC1CCC(O)CC1. The lowest BCUT2D eigenvalue weighted by Crippen LogP contribution is -2.44. The van der Waals surface area contributed by atoms with Gasteiger partial charge in [0.15, 0.2) is 0 Å². The minimum absolute atomic E-state index is 0.0304. The lowest BCUT2D eigenvalue weighted by atomic mass is 9.87. The zero-order valence-corrected chi connectivity index (χ0v) is 11.9. The fourth-order valence-electron chi connectivity index (χ4n) is 3.32. The zero-order chi connectivity index (χ0) is 13.5. The van der Waals surface area contributed by atoms with Crippen LogP contribution in [-0.2, 0) is 0 Å². The molecule has 0 saturated heterocycles. The summed E-state index contributed by atoms with van der Waals surface area (Å²) in [5.41, 5.74) is 0. The van der Waals surface area contributed by atoms with Gasteiger partial charge in [-0.05, 0) is 38.0 Å². The third kappa shape index (κ3) is 5.39. The minimum Gasteiger partial charge on any atom is -0.393 e. The summed E-state index contributed by atoms with van der Waals surface area (Å²) in [7, 11) is 0. The Balaban J connectivity index is 1.54. The molecule has 2 fully saturated rings. The van der Waals surface area contributed by atoms with Crippen molar-refractivity contribution in [1.82, 2.24) is 10.6 Å². The van der Waals surface area contributed by atoms with E-state index in [9.17, 15) is 9.90 Å². The minimum atomic E-state index is -0.160. The Morgan fingerprint density at radius 3 is 2.37 bits per heavy atom. The number of carbonyl (C=O) groups excluding carboxylic acids is 1. The van der Waals surface area contributed by atoms with Gasteiger partial charge in [0.2, 0.25) is 0 Å². The molecule has 2 amide bonds. The molecule has 19 heavy (non-hydrogen) atoms. The summed E-state index contributed by atoms with van der Waals surface area (Å²) >= 11 is 0. The summed E-state index contributed by atoms with van der Waals surface area (Å²) in [5.74, 6) is 0.818. The standard InChI is InChI=1S/C15H28N2O2/c18-14-8-6-13(7-9-14)17-15(19)16-11-10-12-4-2-1-3-5-12/h12-14,18H,1-11H2,(H2,16,17,19). The van der Waals surface area contributed by atoms with Gasteiger partial charge in [-0.2, -0.15) is 0 Å². The average Bonchev–Trinajstić information content (AvgIpc) is 2.43. The van der Waals surface area contributed by atoms with Gasteiger partial charge in [0.05, 0.1) is 6.10 Å². The highest BCUT2D eigenvalue weighted by atomic mass is 16.3. The van der Waals surface area contributed by atoms with E-state index in [4.69, 9.17) is 0 Å². The highest BCUT2D eigenvalue weighted by Gasteiger charge is 2.20. The molecule has 3 N–H and O–H groups in total. The van der Waals surface area contributed by atoms with E-state index >= 15 is 0 Å². The van der Waals surface area contributed by atoms with E-state index in [2.05, 4.69) is 10.6 Å². The molecule has 2 saturated carbocycles. The van der Waals surface area contributed by atoms with Gasteiger partial charge in [0.1, 0.15) is 0 Å². The third-order valence-corrected chi connectivity index (χ3v) is 4.59. The van der Waals surface area contributed by atoms with Crippen LogP contribution in [0.2, 0.25) is 0 Å². The van der Waals surface area contributed by atoms with Crippen LogP contribution in [0.15, 0.2) is 0 Å². The maximum absolute atomic E-state index is 11.7. The van der Waals surface area contributed by atoms with Crippen LogP contribution in [0.25, 0.3) is 0 Å². The van der Waals surface area contributed by atoms with E-state index in [1.54, 1.807) is 0 Å². The molecular formula is C15H28N2O2. The van der Waals surface area contributed by atoms with Crippen molar-refractivity contribution in [2.45, 2.75) is 76.4 Å². The van der Waals surface area contributed by atoms with Crippen LogP contribution in [0.4, 0.5) is 4.79 Å². The predicted octanol–water partition coefficient (Wildman–Crippen LogP) is 2.56. The molecule has 4 heteroatoms. The highest BCUT2D eigenvalue weighted by molar-refractivity contribution is 5.74. The second-order valence-electron chi connectivity index (χ2n) is 6.20. The van der Waals surface area contributed by atoms with Crippen molar-refractivity contribution >= 4 is 6.03 Å². The molecule has 0 bridgehead atoms. The Kier molecular flexibility index (Phi) is 5.95. The van der Waals surface area contributed by atoms with Gasteiger partial charge in [-0.25, -0.2) is 4.79 Å². The number of aliphatic hydroxyl groups excluding tert-OH is 1. The molecule has 2 aliphatic rings. The van der Waals surface area contributed by atoms with Gasteiger partial charge in [0, 0.05) is 12.6 Å². The molecule has 0 unspecified atom stereocenters. The zero-order valence-electron chi connectivity index (χ0n) is 11.9. The molecule has 0 aromatic carbocycles. The van der Waals surface area contributed by atoms with E-state index in [-0.39, 0.29) is 18.2 Å². The van der Waals surface area contributed by atoms with Crippen molar-refractivity contribution in [3.05, 3.63) is 0 Å². The highest BCUT2D eigenvalue weighted by Crippen LogP contribution is 2.25. The number of carbonyl (C=O) groups is 1. The van der Waals surface area contributed by atoms with E-state index in [0.717, 1.165) is 44.6 Å². The third-order valence-electron chi connectivity index (χ3n) is 4.59. The number of aliphatic hydroxyl groups is 1. The number of urea groups is 1. The van der Waals surface area contributed by atoms with Gasteiger partial charge < -0.3 is 15.7 Å². The maximum Gasteiger partial charge on any atom is 0.315 e. The molecule has 0 spiro atoms. The summed E-state index contributed by atoms with van der Waals surface area (Å²) in [6.07, 6.45) is 11.2. The van der Waals surface area contributed by atoms with E-state index in [0.29, 0.717) is 0 Å². The Morgan fingerprint density at radius 1 is 1.00 bits per heavy atom. The Labute approximate surface area is 116 Å². The molecule has 4 nitrogen and oxygen atoms in total. The van der Waals surface area contributed by atoms with Gasteiger partial charge in [-0.1, -0.05) is 32.1 Å².